The minimum absolute atomic E-state index is 0.0181. The number of nitrogens with one attached hydrogen (secondary N) is 2. The highest BCUT2D eigenvalue weighted by Crippen LogP contribution is 2.37. The van der Waals surface area contributed by atoms with Crippen LogP contribution in [0.5, 0.6) is 0 Å². The number of esters is 1. The Labute approximate surface area is 171 Å². The molecule has 142 valence electrons. The van der Waals surface area contributed by atoms with Gasteiger partial charge in [-0.1, -0.05) is 11.6 Å². The number of thiophene rings is 1. The molecule has 3 aromatic rings. The van der Waals surface area contributed by atoms with E-state index in [1.165, 1.54) is 18.4 Å². The first-order chi connectivity index (χ1) is 12.8. The lowest BCUT2D eigenvalue weighted by atomic mass is 10.1. The van der Waals surface area contributed by atoms with Crippen molar-refractivity contribution >= 4 is 62.0 Å². The number of hydrogen-bond donors (Lipinski definition) is 2. The number of anilines is 1. The Hall–Kier alpha value is -2.16. The van der Waals surface area contributed by atoms with Crippen molar-refractivity contribution in [3.8, 4) is 0 Å². The zero-order valence-corrected chi connectivity index (χ0v) is 17.7. The number of fused-ring (bicyclic) bond motifs is 1. The molecule has 1 atom stereocenters. The van der Waals surface area contributed by atoms with Crippen LogP contribution in [0.3, 0.4) is 0 Å². The molecule has 0 fully saturated rings. The lowest BCUT2D eigenvalue weighted by Gasteiger charge is -2.17. The van der Waals surface area contributed by atoms with Crippen LogP contribution >= 0.6 is 35.2 Å². The van der Waals surface area contributed by atoms with Gasteiger partial charge < -0.3 is 15.4 Å². The smallest absolute Gasteiger partial charge is 0.349 e. The van der Waals surface area contributed by atoms with Crippen LogP contribution in [-0.2, 0) is 11.8 Å². The minimum atomic E-state index is -0.437. The highest BCUT2D eigenvalue weighted by Gasteiger charge is 2.18. The van der Waals surface area contributed by atoms with E-state index in [-0.39, 0.29) is 6.04 Å². The zero-order chi connectivity index (χ0) is 19.7. The molecule has 0 aliphatic rings. The number of halogens is 1. The molecular formula is C18H19ClN4O2S2. The van der Waals surface area contributed by atoms with E-state index in [0.29, 0.717) is 15.0 Å². The SMILES string of the molecule is COC(=O)c1sc2cc(NC(=S)NC(C)c3cnn(C)c3C)ccc2c1Cl. The van der Waals surface area contributed by atoms with E-state index < -0.39 is 5.97 Å². The van der Waals surface area contributed by atoms with Crippen molar-refractivity contribution in [2.45, 2.75) is 19.9 Å². The van der Waals surface area contributed by atoms with Gasteiger partial charge in [0.2, 0.25) is 0 Å². The second kappa shape index (κ2) is 7.84. The highest BCUT2D eigenvalue weighted by molar-refractivity contribution is 7.80. The standard InChI is InChI=1S/C18H19ClN4O2S2/c1-9(13-8-20-23(3)10(13)2)21-18(26)22-11-5-6-12-14(7-11)27-16(15(12)19)17(24)25-4/h5-9H,1-4H3,(H2,21,22,26). The molecule has 0 radical (unpaired) electrons. The highest BCUT2D eigenvalue weighted by atomic mass is 35.5. The number of hydrogen-bond acceptors (Lipinski definition) is 5. The Kier molecular flexibility index (Phi) is 5.69. The summed E-state index contributed by atoms with van der Waals surface area (Å²) >= 11 is 13.0. The van der Waals surface area contributed by atoms with Gasteiger partial charge in [0.05, 0.1) is 24.4 Å². The van der Waals surface area contributed by atoms with Gasteiger partial charge in [-0.3, -0.25) is 4.68 Å². The first-order valence-electron chi connectivity index (χ1n) is 8.18. The summed E-state index contributed by atoms with van der Waals surface area (Å²) in [5, 5.41) is 12.4. The summed E-state index contributed by atoms with van der Waals surface area (Å²) in [6, 6.07) is 5.66. The Morgan fingerprint density at radius 3 is 2.81 bits per heavy atom. The van der Waals surface area contributed by atoms with Gasteiger partial charge in [0.1, 0.15) is 4.88 Å². The first-order valence-corrected chi connectivity index (χ1v) is 9.78. The summed E-state index contributed by atoms with van der Waals surface area (Å²) in [6.45, 7) is 4.05. The van der Waals surface area contributed by atoms with E-state index in [9.17, 15) is 4.79 Å². The maximum Gasteiger partial charge on any atom is 0.349 e. The van der Waals surface area contributed by atoms with Crippen LogP contribution in [0.4, 0.5) is 5.69 Å². The summed E-state index contributed by atoms with van der Waals surface area (Å²) in [4.78, 5) is 12.2. The van der Waals surface area contributed by atoms with Gasteiger partial charge >= 0.3 is 5.97 Å². The fourth-order valence-corrected chi connectivity index (χ4v) is 4.51. The Balaban J connectivity index is 1.75. The molecule has 0 saturated heterocycles. The molecule has 1 unspecified atom stereocenters. The molecule has 0 aliphatic carbocycles. The number of ether oxygens (including phenoxy) is 1. The van der Waals surface area contributed by atoms with Crippen molar-refractivity contribution in [2.24, 2.45) is 7.05 Å². The van der Waals surface area contributed by atoms with Gasteiger partial charge in [-0.25, -0.2) is 4.79 Å². The molecule has 6 nitrogen and oxygen atoms in total. The topological polar surface area (TPSA) is 68.2 Å². The Morgan fingerprint density at radius 1 is 1.44 bits per heavy atom. The lowest BCUT2D eigenvalue weighted by molar-refractivity contribution is 0.0606. The number of rotatable bonds is 4. The summed E-state index contributed by atoms with van der Waals surface area (Å²) in [5.74, 6) is -0.437. The molecule has 9 heteroatoms. The number of aryl methyl sites for hydroxylation is 1. The van der Waals surface area contributed by atoms with Crippen LogP contribution in [0.2, 0.25) is 5.02 Å². The van der Waals surface area contributed by atoms with Crippen LogP contribution in [0.1, 0.15) is 33.9 Å². The van der Waals surface area contributed by atoms with Crippen molar-refractivity contribution in [2.75, 3.05) is 12.4 Å². The van der Waals surface area contributed by atoms with Gasteiger partial charge in [-0.2, -0.15) is 5.10 Å². The number of nitrogens with zero attached hydrogens (tertiary/aromatic N) is 2. The van der Waals surface area contributed by atoms with Crippen LogP contribution in [0.15, 0.2) is 24.4 Å². The minimum Gasteiger partial charge on any atom is -0.465 e. The summed E-state index contributed by atoms with van der Waals surface area (Å²) in [6.07, 6.45) is 1.84. The normalized spacial score (nSPS) is 12.0. The van der Waals surface area contributed by atoms with Crippen molar-refractivity contribution < 1.29 is 9.53 Å². The molecule has 0 spiro atoms. The third-order valence-electron chi connectivity index (χ3n) is 4.35. The number of carbonyl (C=O) groups is 1. The van der Waals surface area contributed by atoms with Gasteiger partial charge in [0.15, 0.2) is 5.11 Å². The van der Waals surface area contributed by atoms with Crippen LogP contribution in [-0.4, -0.2) is 28.0 Å². The Morgan fingerprint density at radius 2 is 2.19 bits per heavy atom. The zero-order valence-electron chi connectivity index (χ0n) is 15.3. The summed E-state index contributed by atoms with van der Waals surface area (Å²) < 4.78 is 7.48. The van der Waals surface area contributed by atoms with E-state index in [0.717, 1.165) is 27.0 Å². The van der Waals surface area contributed by atoms with Crippen LogP contribution < -0.4 is 10.6 Å². The third kappa shape index (κ3) is 3.92. The van der Waals surface area contributed by atoms with Crippen LogP contribution in [0.25, 0.3) is 10.1 Å². The average Bonchev–Trinajstić information content (AvgIpc) is 3.14. The summed E-state index contributed by atoms with van der Waals surface area (Å²) in [7, 11) is 3.25. The second-order valence-corrected chi connectivity index (χ2v) is 7.92. The fraction of sp³-hybridized carbons (Fsp3) is 0.278. The second-order valence-electron chi connectivity index (χ2n) is 6.08. The number of benzene rings is 1. The maximum atomic E-state index is 11.8. The molecular weight excluding hydrogens is 404 g/mol. The van der Waals surface area contributed by atoms with E-state index in [1.54, 1.807) is 0 Å². The van der Waals surface area contributed by atoms with E-state index in [2.05, 4.69) is 15.7 Å². The van der Waals surface area contributed by atoms with Gasteiger partial charge in [-0.15, -0.1) is 11.3 Å². The Bertz CT molecular complexity index is 1030. The molecule has 0 bridgehead atoms. The number of carbonyl (C=O) groups excluding carboxylic acids is 1. The molecule has 2 heterocycles. The molecule has 3 rings (SSSR count). The summed E-state index contributed by atoms with van der Waals surface area (Å²) in [5.41, 5.74) is 2.98. The number of aromatic nitrogens is 2. The van der Waals surface area contributed by atoms with Gasteiger partial charge in [0, 0.05) is 34.1 Å². The quantitative estimate of drug-likeness (QED) is 0.479. The monoisotopic (exact) mass is 422 g/mol. The van der Waals surface area contributed by atoms with Crippen LogP contribution in [0, 0.1) is 6.92 Å². The fourth-order valence-electron chi connectivity index (χ4n) is 2.75. The van der Waals surface area contributed by atoms with E-state index in [1.807, 2.05) is 50.0 Å². The number of methoxy groups -OCH3 is 1. The molecule has 2 aromatic heterocycles. The maximum absolute atomic E-state index is 11.8. The van der Waals surface area contributed by atoms with Gasteiger partial charge in [0.25, 0.3) is 0 Å². The predicted molar refractivity (Wildman–Crippen MR) is 114 cm³/mol. The lowest BCUT2D eigenvalue weighted by Crippen LogP contribution is -2.31. The van der Waals surface area contributed by atoms with Crippen molar-refractivity contribution in [3.63, 3.8) is 0 Å². The van der Waals surface area contributed by atoms with E-state index in [4.69, 9.17) is 28.6 Å². The average molecular weight is 423 g/mol. The molecule has 27 heavy (non-hydrogen) atoms. The van der Waals surface area contributed by atoms with Crippen molar-refractivity contribution in [3.05, 3.63) is 45.6 Å². The van der Waals surface area contributed by atoms with Crippen molar-refractivity contribution in [1.29, 1.82) is 0 Å². The molecule has 1 aromatic carbocycles. The van der Waals surface area contributed by atoms with Crippen molar-refractivity contribution in [1.82, 2.24) is 15.1 Å². The first kappa shape index (κ1) is 19.6. The predicted octanol–water partition coefficient (Wildman–Crippen LogP) is 4.43. The molecule has 2 N–H and O–H groups in total. The molecule has 0 aliphatic heterocycles. The third-order valence-corrected chi connectivity index (χ3v) is 6.20. The van der Waals surface area contributed by atoms with E-state index >= 15 is 0 Å². The largest absolute Gasteiger partial charge is 0.465 e. The molecule has 0 amide bonds. The van der Waals surface area contributed by atoms with Gasteiger partial charge in [-0.05, 0) is 44.3 Å². The molecule has 0 saturated carbocycles. The number of thiocarbonyl (C=S) groups is 1.